The molecule has 0 spiro atoms. The minimum Gasteiger partial charge on any atom is -0.485 e. The Morgan fingerprint density at radius 2 is 1.72 bits per heavy atom. The summed E-state index contributed by atoms with van der Waals surface area (Å²) in [6.45, 7) is 2.10. The molecule has 0 aliphatic rings. The zero-order chi connectivity index (χ0) is 14.2. The number of ketones is 1. The van der Waals surface area contributed by atoms with E-state index in [-0.39, 0.29) is 12.4 Å². The van der Waals surface area contributed by atoms with Gasteiger partial charge in [-0.25, -0.2) is 0 Å². The molecule has 4 nitrogen and oxygen atoms in total. The molecule has 4 N–H and O–H groups in total. The summed E-state index contributed by atoms with van der Waals surface area (Å²) in [5.41, 5.74) is 9.00. The van der Waals surface area contributed by atoms with E-state index < -0.39 is 0 Å². The molecule has 0 fully saturated rings. The average Bonchev–Trinajstić information content (AvgIpc) is 2.48. The second-order valence-corrected chi connectivity index (χ2v) is 2.88. The number of allylic oxidation sites excluding steroid dienone is 1. The molecule has 0 unspecified atom stereocenters. The number of rotatable bonds is 5. The molecule has 0 amide bonds. The lowest BCUT2D eigenvalue weighted by Crippen LogP contribution is -2.07. The maximum atomic E-state index is 11.2. The molecule has 1 aromatic rings. The van der Waals surface area contributed by atoms with Gasteiger partial charge in [0, 0.05) is 0 Å². The molecule has 1 rings (SSSR count). The van der Waals surface area contributed by atoms with Crippen LogP contribution in [0.25, 0.3) is 0 Å². The molecule has 0 saturated heterocycles. The average molecular weight is 252 g/mol. The molecule has 0 atom stereocenters. The van der Waals surface area contributed by atoms with E-state index in [2.05, 4.69) is 11.5 Å². The lowest BCUT2D eigenvalue weighted by atomic mass is 10.3. The Morgan fingerprint density at radius 3 is 2.22 bits per heavy atom. The second kappa shape index (κ2) is 15.4. The van der Waals surface area contributed by atoms with E-state index >= 15 is 0 Å². The fraction of sp³-hybridized carbons (Fsp3) is 0.357. The van der Waals surface area contributed by atoms with E-state index in [1.807, 2.05) is 43.3 Å². The first-order chi connectivity index (χ1) is 8.83. The Hall–Kier alpha value is -1.65. The van der Waals surface area contributed by atoms with Crippen LogP contribution >= 0.6 is 0 Å². The molecule has 0 bridgehead atoms. The van der Waals surface area contributed by atoms with Crippen LogP contribution < -0.4 is 16.2 Å². The monoisotopic (exact) mass is 252 g/mol. The molecule has 0 aliphatic carbocycles. The van der Waals surface area contributed by atoms with Crippen LogP contribution in [0.4, 0.5) is 0 Å². The van der Waals surface area contributed by atoms with Crippen LogP contribution in [0.3, 0.4) is 0 Å². The summed E-state index contributed by atoms with van der Waals surface area (Å²) in [5, 5.41) is 0. The Kier molecular flexibility index (Phi) is 16.0. The van der Waals surface area contributed by atoms with Gasteiger partial charge in [0.05, 0.1) is 0 Å². The summed E-state index contributed by atoms with van der Waals surface area (Å²) in [6.07, 6.45) is 4.26. The SMILES string of the molecule is CCC=CC(=O)COc1ccccc1.CN.CN. The number of hydrogen-bond donors (Lipinski definition) is 2. The van der Waals surface area contributed by atoms with Crippen LogP contribution in [-0.2, 0) is 4.79 Å². The molecule has 1 aromatic carbocycles. The summed E-state index contributed by atoms with van der Waals surface area (Å²) in [5.74, 6) is 0.724. The van der Waals surface area contributed by atoms with Crippen LogP contribution in [0.15, 0.2) is 42.5 Å². The number of para-hydroxylation sites is 1. The molecule has 0 aromatic heterocycles. The van der Waals surface area contributed by atoms with E-state index in [4.69, 9.17) is 4.74 Å². The smallest absolute Gasteiger partial charge is 0.192 e. The topological polar surface area (TPSA) is 78.3 Å². The summed E-state index contributed by atoms with van der Waals surface area (Å²) in [7, 11) is 3.00. The zero-order valence-electron chi connectivity index (χ0n) is 11.4. The van der Waals surface area contributed by atoms with Crippen LogP contribution in [0.5, 0.6) is 5.75 Å². The quantitative estimate of drug-likeness (QED) is 0.783. The Balaban J connectivity index is 0. The molecular weight excluding hydrogens is 228 g/mol. The van der Waals surface area contributed by atoms with Crippen molar-refractivity contribution in [3.05, 3.63) is 42.5 Å². The molecule has 102 valence electrons. The highest BCUT2D eigenvalue weighted by Crippen LogP contribution is 2.07. The maximum absolute atomic E-state index is 11.2. The van der Waals surface area contributed by atoms with Gasteiger partial charge >= 0.3 is 0 Å². The minimum absolute atomic E-state index is 0.00398. The largest absolute Gasteiger partial charge is 0.485 e. The normalized spacial score (nSPS) is 8.72. The van der Waals surface area contributed by atoms with Gasteiger partial charge in [-0.05, 0) is 38.7 Å². The first-order valence-electron chi connectivity index (χ1n) is 5.85. The summed E-state index contributed by atoms with van der Waals surface area (Å²) < 4.78 is 5.26. The zero-order valence-corrected chi connectivity index (χ0v) is 11.4. The van der Waals surface area contributed by atoms with Crippen molar-refractivity contribution in [3.8, 4) is 5.75 Å². The molecule has 0 aliphatic heterocycles. The van der Waals surface area contributed by atoms with E-state index in [1.54, 1.807) is 6.08 Å². The van der Waals surface area contributed by atoms with Gasteiger partial charge in [0.15, 0.2) is 12.4 Å². The third-order valence-corrected chi connectivity index (χ3v) is 1.66. The van der Waals surface area contributed by atoms with Gasteiger partial charge in [0.2, 0.25) is 0 Å². The van der Waals surface area contributed by atoms with Gasteiger partial charge in [-0.15, -0.1) is 0 Å². The summed E-state index contributed by atoms with van der Waals surface area (Å²) >= 11 is 0. The summed E-state index contributed by atoms with van der Waals surface area (Å²) in [4.78, 5) is 11.2. The molecular formula is C14H24N2O2. The van der Waals surface area contributed by atoms with Crippen LogP contribution in [0.1, 0.15) is 13.3 Å². The van der Waals surface area contributed by atoms with E-state index in [0.717, 1.165) is 12.2 Å². The van der Waals surface area contributed by atoms with Crippen molar-refractivity contribution in [3.63, 3.8) is 0 Å². The van der Waals surface area contributed by atoms with E-state index in [9.17, 15) is 4.79 Å². The van der Waals surface area contributed by atoms with Gasteiger partial charge in [-0.2, -0.15) is 0 Å². The van der Waals surface area contributed by atoms with Gasteiger partial charge in [0.1, 0.15) is 5.75 Å². The predicted molar refractivity (Wildman–Crippen MR) is 76.6 cm³/mol. The molecule has 18 heavy (non-hydrogen) atoms. The highest BCUT2D eigenvalue weighted by atomic mass is 16.5. The lowest BCUT2D eigenvalue weighted by molar-refractivity contribution is -0.116. The highest BCUT2D eigenvalue weighted by Gasteiger charge is 1.97. The minimum atomic E-state index is -0.00398. The first-order valence-corrected chi connectivity index (χ1v) is 5.85. The Morgan fingerprint density at radius 1 is 1.17 bits per heavy atom. The third kappa shape index (κ3) is 10.9. The van der Waals surface area contributed by atoms with E-state index in [0.29, 0.717) is 0 Å². The summed E-state index contributed by atoms with van der Waals surface area (Å²) in [6, 6.07) is 9.32. The van der Waals surface area contributed by atoms with Crippen molar-refractivity contribution in [1.82, 2.24) is 0 Å². The van der Waals surface area contributed by atoms with Gasteiger partial charge in [0.25, 0.3) is 0 Å². The van der Waals surface area contributed by atoms with Crippen LogP contribution in [-0.4, -0.2) is 26.5 Å². The van der Waals surface area contributed by atoms with Crippen molar-refractivity contribution >= 4 is 5.78 Å². The highest BCUT2D eigenvalue weighted by molar-refractivity contribution is 5.90. The van der Waals surface area contributed by atoms with E-state index in [1.165, 1.54) is 14.1 Å². The lowest BCUT2D eigenvalue weighted by Gasteiger charge is -2.01. The maximum Gasteiger partial charge on any atom is 0.192 e. The van der Waals surface area contributed by atoms with Crippen molar-refractivity contribution in [2.75, 3.05) is 20.7 Å². The van der Waals surface area contributed by atoms with Crippen LogP contribution in [0.2, 0.25) is 0 Å². The molecule has 0 radical (unpaired) electrons. The number of hydrogen-bond acceptors (Lipinski definition) is 4. The first kappa shape index (κ1) is 18.7. The Bertz CT molecular complexity index is 311. The fourth-order valence-electron chi connectivity index (χ4n) is 0.969. The van der Waals surface area contributed by atoms with Crippen molar-refractivity contribution < 1.29 is 9.53 Å². The van der Waals surface area contributed by atoms with Gasteiger partial charge in [-0.3, -0.25) is 4.79 Å². The van der Waals surface area contributed by atoms with Crippen molar-refractivity contribution in [2.24, 2.45) is 11.5 Å². The van der Waals surface area contributed by atoms with Gasteiger partial charge < -0.3 is 16.2 Å². The second-order valence-electron chi connectivity index (χ2n) is 2.88. The number of carbonyl (C=O) groups excluding carboxylic acids is 1. The van der Waals surface area contributed by atoms with Crippen molar-refractivity contribution in [1.29, 1.82) is 0 Å². The fourth-order valence-corrected chi connectivity index (χ4v) is 0.969. The predicted octanol–water partition coefficient (Wildman–Crippen LogP) is 1.75. The standard InChI is InChI=1S/C12H14O2.2CH5N/c1-2-3-7-11(13)10-14-12-8-5-4-6-9-12;2*1-2/h3-9H,2,10H2,1H3;2*2H2,1H3. The number of benzene rings is 1. The van der Waals surface area contributed by atoms with Gasteiger partial charge in [-0.1, -0.05) is 31.2 Å². The molecule has 4 heteroatoms. The van der Waals surface area contributed by atoms with Crippen LogP contribution in [0, 0.1) is 0 Å². The van der Waals surface area contributed by atoms with Crippen molar-refractivity contribution in [2.45, 2.75) is 13.3 Å². The molecule has 0 heterocycles. The molecule has 0 saturated carbocycles. The number of carbonyl (C=O) groups is 1. The third-order valence-electron chi connectivity index (χ3n) is 1.66. The Labute approximate surface area is 110 Å². The number of nitrogens with two attached hydrogens (primary N) is 2. The number of ether oxygens (including phenoxy) is 1.